The number of carbonyl (C=O) groups is 2. The summed E-state index contributed by atoms with van der Waals surface area (Å²) in [5.41, 5.74) is 1.09. The number of nitrogens with zero attached hydrogens (tertiary/aromatic N) is 4. The number of aromatic nitrogens is 2. The maximum absolute atomic E-state index is 13.0. The van der Waals surface area contributed by atoms with E-state index in [0.717, 1.165) is 37.9 Å². The fourth-order valence-electron chi connectivity index (χ4n) is 4.22. The lowest BCUT2D eigenvalue weighted by atomic mass is 10.1. The first-order valence-electron chi connectivity index (χ1n) is 10.8. The molecule has 0 atom stereocenters. The van der Waals surface area contributed by atoms with Crippen LogP contribution in [-0.4, -0.2) is 64.1 Å². The van der Waals surface area contributed by atoms with Crippen LogP contribution in [0.4, 0.5) is 4.79 Å². The van der Waals surface area contributed by atoms with Gasteiger partial charge >= 0.3 is 6.09 Å². The van der Waals surface area contributed by atoms with Crippen molar-refractivity contribution in [3.63, 3.8) is 0 Å². The molecule has 1 aromatic carbocycles. The molecule has 4 rings (SSSR count). The average molecular weight is 412 g/mol. The van der Waals surface area contributed by atoms with Crippen LogP contribution in [-0.2, 0) is 17.7 Å². The predicted octanol–water partition coefficient (Wildman–Crippen LogP) is 2.43. The molecule has 0 bridgehead atoms. The van der Waals surface area contributed by atoms with E-state index in [0.29, 0.717) is 55.8 Å². The molecule has 0 radical (unpaired) electrons. The standard InChI is InChI=1S/C22H28N4O4/c1-2-30-22(29)25-13-11-24(12-14-25)20(27)16-8-9-17-18(15-16)23-19-7-5-3-4-6-10-26(19)21(17)28/h8-9,15H,2-7,10-14H2,1H3. The van der Waals surface area contributed by atoms with Crippen LogP contribution in [0.3, 0.4) is 0 Å². The van der Waals surface area contributed by atoms with Gasteiger partial charge in [0.25, 0.3) is 11.5 Å². The van der Waals surface area contributed by atoms with Crippen molar-refractivity contribution < 1.29 is 14.3 Å². The van der Waals surface area contributed by atoms with E-state index in [1.807, 2.05) is 0 Å². The van der Waals surface area contributed by atoms with Gasteiger partial charge in [0.05, 0.1) is 17.5 Å². The minimum Gasteiger partial charge on any atom is -0.450 e. The Labute approximate surface area is 175 Å². The second-order valence-electron chi connectivity index (χ2n) is 7.86. The van der Waals surface area contributed by atoms with Gasteiger partial charge in [-0.15, -0.1) is 0 Å². The molecule has 1 aromatic heterocycles. The van der Waals surface area contributed by atoms with Crippen molar-refractivity contribution in [2.24, 2.45) is 0 Å². The highest BCUT2D eigenvalue weighted by atomic mass is 16.6. The first-order chi connectivity index (χ1) is 14.6. The monoisotopic (exact) mass is 412 g/mol. The molecule has 2 amide bonds. The molecular weight excluding hydrogens is 384 g/mol. The summed E-state index contributed by atoms with van der Waals surface area (Å²) in [6.45, 7) is 4.63. The van der Waals surface area contributed by atoms with Crippen LogP contribution in [0.2, 0.25) is 0 Å². The lowest BCUT2D eigenvalue weighted by molar-refractivity contribution is 0.0570. The van der Waals surface area contributed by atoms with Crippen LogP contribution in [0, 0.1) is 0 Å². The number of piperazine rings is 1. The Bertz CT molecular complexity index is 1010. The number of benzene rings is 1. The van der Waals surface area contributed by atoms with E-state index in [-0.39, 0.29) is 17.6 Å². The molecule has 0 unspecified atom stereocenters. The summed E-state index contributed by atoms with van der Waals surface area (Å²) in [5, 5.41) is 0.558. The number of aryl methyl sites for hydroxylation is 1. The maximum Gasteiger partial charge on any atom is 0.409 e. The topological polar surface area (TPSA) is 84.7 Å². The normalized spacial score (nSPS) is 17.2. The molecule has 2 aliphatic heterocycles. The first-order valence-corrected chi connectivity index (χ1v) is 10.8. The predicted molar refractivity (Wildman–Crippen MR) is 113 cm³/mol. The molecule has 0 spiro atoms. The molecule has 2 aromatic rings. The van der Waals surface area contributed by atoms with E-state index >= 15 is 0 Å². The van der Waals surface area contributed by atoms with Crippen molar-refractivity contribution in [2.75, 3.05) is 32.8 Å². The summed E-state index contributed by atoms with van der Waals surface area (Å²) in [4.78, 5) is 45.9. The summed E-state index contributed by atoms with van der Waals surface area (Å²) >= 11 is 0. The van der Waals surface area contributed by atoms with E-state index in [9.17, 15) is 14.4 Å². The van der Waals surface area contributed by atoms with Gasteiger partial charge in [-0.1, -0.05) is 12.8 Å². The number of ether oxygens (including phenoxy) is 1. The van der Waals surface area contributed by atoms with Crippen molar-refractivity contribution in [3.05, 3.63) is 39.9 Å². The summed E-state index contributed by atoms with van der Waals surface area (Å²) in [6.07, 6.45) is 4.77. The quantitative estimate of drug-likeness (QED) is 0.756. The van der Waals surface area contributed by atoms with Crippen LogP contribution in [0.15, 0.2) is 23.0 Å². The van der Waals surface area contributed by atoms with E-state index in [1.165, 1.54) is 0 Å². The van der Waals surface area contributed by atoms with E-state index in [2.05, 4.69) is 0 Å². The highest BCUT2D eigenvalue weighted by molar-refractivity contribution is 5.97. The van der Waals surface area contributed by atoms with Gasteiger partial charge < -0.3 is 14.5 Å². The largest absolute Gasteiger partial charge is 0.450 e. The van der Waals surface area contributed by atoms with Crippen molar-refractivity contribution in [3.8, 4) is 0 Å². The maximum atomic E-state index is 13.0. The van der Waals surface area contributed by atoms with Gasteiger partial charge in [-0.3, -0.25) is 14.2 Å². The number of carbonyl (C=O) groups excluding carboxylic acids is 2. The third-order valence-corrected chi connectivity index (χ3v) is 5.91. The number of hydrogen-bond acceptors (Lipinski definition) is 5. The zero-order valence-electron chi connectivity index (χ0n) is 17.4. The Morgan fingerprint density at radius 3 is 2.50 bits per heavy atom. The zero-order valence-corrected chi connectivity index (χ0v) is 17.4. The second kappa shape index (κ2) is 8.85. The Kier molecular flexibility index (Phi) is 6.01. The Hall–Kier alpha value is -2.90. The van der Waals surface area contributed by atoms with Gasteiger partial charge in [0.2, 0.25) is 0 Å². The fraction of sp³-hybridized carbons (Fsp3) is 0.545. The van der Waals surface area contributed by atoms with Crippen LogP contribution in [0.1, 0.15) is 48.8 Å². The van der Waals surface area contributed by atoms with Gasteiger partial charge in [0.15, 0.2) is 0 Å². The molecule has 0 aliphatic carbocycles. The molecule has 0 saturated carbocycles. The lowest BCUT2D eigenvalue weighted by Gasteiger charge is -2.34. The first kappa shape index (κ1) is 20.4. The Morgan fingerprint density at radius 2 is 1.73 bits per heavy atom. The van der Waals surface area contributed by atoms with Gasteiger partial charge in [0.1, 0.15) is 5.82 Å². The third kappa shape index (κ3) is 4.04. The van der Waals surface area contributed by atoms with Crippen LogP contribution < -0.4 is 5.56 Å². The average Bonchev–Trinajstić information content (AvgIpc) is 2.74. The van der Waals surface area contributed by atoms with Gasteiger partial charge in [0, 0.05) is 44.7 Å². The molecule has 0 N–H and O–H groups in total. The van der Waals surface area contributed by atoms with Crippen LogP contribution >= 0.6 is 0 Å². The number of hydrogen-bond donors (Lipinski definition) is 0. The zero-order chi connectivity index (χ0) is 21.1. The SMILES string of the molecule is CCOC(=O)N1CCN(C(=O)c2ccc3c(=O)n4c(nc3c2)CCCCCC4)CC1. The molecule has 8 nitrogen and oxygen atoms in total. The van der Waals surface area contributed by atoms with E-state index in [1.54, 1.807) is 39.5 Å². The molecule has 160 valence electrons. The van der Waals surface area contributed by atoms with Gasteiger partial charge in [-0.25, -0.2) is 9.78 Å². The summed E-state index contributed by atoms with van der Waals surface area (Å²) in [7, 11) is 0. The van der Waals surface area contributed by atoms with Crippen molar-refractivity contribution in [1.29, 1.82) is 0 Å². The summed E-state index contributed by atoms with van der Waals surface area (Å²) in [5.74, 6) is 0.717. The molecular formula is C22H28N4O4. The Balaban J connectivity index is 1.55. The number of amides is 2. The molecule has 1 saturated heterocycles. The van der Waals surface area contributed by atoms with Crippen LogP contribution in [0.25, 0.3) is 10.9 Å². The highest BCUT2D eigenvalue weighted by Gasteiger charge is 2.26. The smallest absolute Gasteiger partial charge is 0.409 e. The highest BCUT2D eigenvalue weighted by Crippen LogP contribution is 2.18. The third-order valence-electron chi connectivity index (χ3n) is 5.91. The summed E-state index contributed by atoms with van der Waals surface area (Å²) in [6, 6.07) is 5.16. The number of fused-ring (bicyclic) bond motifs is 2. The molecule has 1 fully saturated rings. The minimum absolute atomic E-state index is 0.0149. The fourth-order valence-corrected chi connectivity index (χ4v) is 4.22. The Morgan fingerprint density at radius 1 is 1.00 bits per heavy atom. The van der Waals surface area contributed by atoms with Crippen molar-refractivity contribution in [1.82, 2.24) is 19.4 Å². The van der Waals surface area contributed by atoms with Crippen molar-refractivity contribution >= 4 is 22.9 Å². The molecule has 2 aliphatic rings. The lowest BCUT2D eigenvalue weighted by Crippen LogP contribution is -2.50. The van der Waals surface area contributed by atoms with Crippen molar-refractivity contribution in [2.45, 2.75) is 45.6 Å². The molecule has 30 heavy (non-hydrogen) atoms. The van der Waals surface area contributed by atoms with E-state index in [4.69, 9.17) is 9.72 Å². The molecule has 3 heterocycles. The minimum atomic E-state index is -0.337. The van der Waals surface area contributed by atoms with E-state index < -0.39 is 0 Å². The van der Waals surface area contributed by atoms with Gasteiger partial charge in [-0.2, -0.15) is 0 Å². The number of rotatable bonds is 2. The van der Waals surface area contributed by atoms with Gasteiger partial charge in [-0.05, 0) is 38.0 Å². The summed E-state index contributed by atoms with van der Waals surface area (Å²) < 4.78 is 6.83. The second-order valence-corrected chi connectivity index (χ2v) is 7.86. The van der Waals surface area contributed by atoms with Crippen LogP contribution in [0.5, 0.6) is 0 Å². The molecule has 8 heteroatoms.